The van der Waals surface area contributed by atoms with Gasteiger partial charge in [-0.25, -0.2) is 10.1 Å². The number of rotatable bonds is 3. The highest BCUT2D eigenvalue weighted by Crippen LogP contribution is 2.10. The Bertz CT molecular complexity index is 212. The highest BCUT2D eigenvalue weighted by atomic mass is 16.7. The lowest BCUT2D eigenvalue weighted by molar-refractivity contribution is -0.485. The monoisotopic (exact) mass is 188 g/mol. The summed E-state index contributed by atoms with van der Waals surface area (Å²) in [6, 6.07) is 0. The van der Waals surface area contributed by atoms with E-state index in [2.05, 4.69) is 10.4 Å². The van der Waals surface area contributed by atoms with E-state index in [1.54, 1.807) is 0 Å². The summed E-state index contributed by atoms with van der Waals surface area (Å²) in [4.78, 5) is 9.87. The maximum absolute atomic E-state index is 9.87. The minimum atomic E-state index is -0.835. The van der Waals surface area contributed by atoms with Gasteiger partial charge >= 0.3 is 0 Å². The van der Waals surface area contributed by atoms with Crippen molar-refractivity contribution < 1.29 is 9.77 Å². The highest BCUT2D eigenvalue weighted by Gasteiger charge is 2.15. The van der Waals surface area contributed by atoms with Crippen molar-refractivity contribution in [2.45, 2.75) is 18.9 Å². The second-order valence-electron chi connectivity index (χ2n) is 2.74. The average molecular weight is 188 g/mol. The Morgan fingerprint density at radius 1 is 1.85 bits per heavy atom. The van der Waals surface area contributed by atoms with Gasteiger partial charge in [0.05, 0.1) is 6.10 Å². The SMILES string of the molecule is NC(=N[N+](=O)[O-])NCC1CCCO1. The Labute approximate surface area is 75.1 Å². The van der Waals surface area contributed by atoms with Crippen LogP contribution >= 0.6 is 0 Å². The molecule has 1 rings (SSSR count). The Morgan fingerprint density at radius 3 is 3.15 bits per heavy atom. The Morgan fingerprint density at radius 2 is 2.62 bits per heavy atom. The van der Waals surface area contributed by atoms with Gasteiger partial charge in [0.1, 0.15) is 5.10 Å². The molecule has 1 heterocycles. The van der Waals surface area contributed by atoms with Crippen LogP contribution in [0.1, 0.15) is 12.8 Å². The Kier molecular flexibility index (Phi) is 3.44. The molecule has 0 radical (unpaired) electrons. The first kappa shape index (κ1) is 9.72. The van der Waals surface area contributed by atoms with Crippen molar-refractivity contribution in [1.82, 2.24) is 5.32 Å². The van der Waals surface area contributed by atoms with Crippen LogP contribution in [0.3, 0.4) is 0 Å². The first-order valence-corrected chi connectivity index (χ1v) is 4.02. The minimum Gasteiger partial charge on any atom is -0.376 e. The van der Waals surface area contributed by atoms with Crippen LogP contribution in [-0.4, -0.2) is 30.2 Å². The molecule has 1 unspecified atom stereocenters. The summed E-state index contributed by atoms with van der Waals surface area (Å²) in [7, 11) is 0. The molecule has 74 valence electrons. The third-order valence-electron chi connectivity index (χ3n) is 1.72. The van der Waals surface area contributed by atoms with Gasteiger partial charge in [-0.2, -0.15) is 0 Å². The third-order valence-corrected chi connectivity index (χ3v) is 1.72. The number of ether oxygens (including phenoxy) is 1. The number of hydrogen-bond donors (Lipinski definition) is 2. The maximum Gasteiger partial charge on any atom is 0.266 e. The lowest BCUT2D eigenvalue weighted by Crippen LogP contribution is -2.37. The van der Waals surface area contributed by atoms with E-state index < -0.39 is 5.03 Å². The lowest BCUT2D eigenvalue weighted by Gasteiger charge is -2.08. The molecule has 3 N–H and O–H groups in total. The van der Waals surface area contributed by atoms with E-state index in [1.165, 1.54) is 0 Å². The molecule has 0 amide bonds. The van der Waals surface area contributed by atoms with Crippen LogP contribution < -0.4 is 11.1 Å². The fourth-order valence-electron chi connectivity index (χ4n) is 1.15. The van der Waals surface area contributed by atoms with E-state index in [0.717, 1.165) is 19.4 Å². The van der Waals surface area contributed by atoms with Crippen LogP contribution in [0, 0.1) is 10.1 Å². The summed E-state index contributed by atoms with van der Waals surface area (Å²) in [5, 5.41) is 14.5. The second kappa shape index (κ2) is 4.61. The van der Waals surface area contributed by atoms with Gasteiger partial charge < -0.3 is 15.8 Å². The van der Waals surface area contributed by atoms with Crippen LogP contribution in [0.5, 0.6) is 0 Å². The van der Waals surface area contributed by atoms with Crippen LogP contribution in [-0.2, 0) is 4.74 Å². The number of guanidine groups is 1. The fraction of sp³-hybridized carbons (Fsp3) is 0.833. The van der Waals surface area contributed by atoms with E-state index in [0.29, 0.717) is 6.54 Å². The predicted octanol–water partition coefficient (Wildman–Crippen LogP) is -0.739. The zero-order valence-corrected chi connectivity index (χ0v) is 7.10. The van der Waals surface area contributed by atoms with Gasteiger partial charge in [-0.05, 0) is 12.8 Å². The lowest BCUT2D eigenvalue weighted by atomic mass is 10.2. The molecule has 0 aliphatic carbocycles. The van der Waals surface area contributed by atoms with Gasteiger partial charge in [0.25, 0.3) is 5.96 Å². The summed E-state index contributed by atoms with van der Waals surface area (Å²) in [6.07, 6.45) is 2.08. The summed E-state index contributed by atoms with van der Waals surface area (Å²) in [5.74, 6) is -0.180. The van der Waals surface area contributed by atoms with Crippen molar-refractivity contribution in [3.8, 4) is 0 Å². The van der Waals surface area contributed by atoms with Gasteiger partial charge in [-0.1, -0.05) is 0 Å². The molecule has 0 aromatic carbocycles. The number of nitrogens with two attached hydrogens (primary N) is 1. The maximum atomic E-state index is 9.87. The molecule has 7 nitrogen and oxygen atoms in total. The molecular weight excluding hydrogens is 176 g/mol. The molecule has 1 aliphatic rings. The molecular formula is C6H12N4O3. The first-order chi connectivity index (χ1) is 6.18. The second-order valence-corrected chi connectivity index (χ2v) is 2.74. The fourth-order valence-corrected chi connectivity index (χ4v) is 1.15. The number of nitrogens with zero attached hydrogens (tertiary/aromatic N) is 2. The Hall–Kier alpha value is -1.37. The van der Waals surface area contributed by atoms with Gasteiger partial charge in [0.2, 0.25) is 0 Å². The predicted molar refractivity (Wildman–Crippen MR) is 45.6 cm³/mol. The molecule has 0 saturated carbocycles. The van der Waals surface area contributed by atoms with Crippen molar-refractivity contribution >= 4 is 5.96 Å². The van der Waals surface area contributed by atoms with Crippen molar-refractivity contribution in [2.24, 2.45) is 10.8 Å². The van der Waals surface area contributed by atoms with E-state index in [9.17, 15) is 10.1 Å². The highest BCUT2D eigenvalue weighted by molar-refractivity contribution is 5.77. The Balaban J connectivity index is 2.21. The molecule has 1 saturated heterocycles. The number of nitrogens with one attached hydrogen (secondary N) is 1. The smallest absolute Gasteiger partial charge is 0.266 e. The van der Waals surface area contributed by atoms with Crippen molar-refractivity contribution in [3.63, 3.8) is 0 Å². The largest absolute Gasteiger partial charge is 0.376 e. The van der Waals surface area contributed by atoms with Crippen LogP contribution in [0.4, 0.5) is 0 Å². The molecule has 13 heavy (non-hydrogen) atoms. The summed E-state index contributed by atoms with van der Waals surface area (Å²) in [6.45, 7) is 1.22. The quantitative estimate of drug-likeness (QED) is 0.263. The summed E-state index contributed by atoms with van der Waals surface area (Å²) in [5.41, 5.74) is 5.19. The minimum absolute atomic E-state index is 0.0977. The van der Waals surface area contributed by atoms with Crippen molar-refractivity contribution in [3.05, 3.63) is 10.1 Å². The van der Waals surface area contributed by atoms with Crippen LogP contribution in [0.25, 0.3) is 0 Å². The van der Waals surface area contributed by atoms with E-state index in [4.69, 9.17) is 10.5 Å². The summed E-state index contributed by atoms with van der Waals surface area (Å²) >= 11 is 0. The molecule has 0 bridgehead atoms. The van der Waals surface area contributed by atoms with E-state index in [-0.39, 0.29) is 12.1 Å². The van der Waals surface area contributed by atoms with E-state index in [1.807, 2.05) is 0 Å². The molecule has 0 aromatic heterocycles. The molecule has 7 heteroatoms. The summed E-state index contributed by atoms with van der Waals surface area (Å²) < 4.78 is 5.27. The topological polar surface area (TPSA) is 103 Å². The average Bonchev–Trinajstić information content (AvgIpc) is 2.51. The zero-order valence-electron chi connectivity index (χ0n) is 7.10. The molecule has 0 aromatic rings. The number of hydrazone groups is 1. The standard InChI is InChI=1S/C6H12N4O3/c7-6(9-10(11)12)8-4-5-2-1-3-13-5/h5H,1-4H2,(H3,7,8,9). The van der Waals surface area contributed by atoms with Gasteiger partial charge in [-0.15, -0.1) is 0 Å². The molecule has 1 atom stereocenters. The molecule has 0 spiro atoms. The first-order valence-electron chi connectivity index (χ1n) is 4.02. The van der Waals surface area contributed by atoms with Gasteiger partial charge in [0.15, 0.2) is 5.03 Å². The van der Waals surface area contributed by atoms with Crippen LogP contribution in [0.15, 0.2) is 5.10 Å². The number of hydrogen-bond acceptors (Lipinski definition) is 3. The zero-order chi connectivity index (χ0) is 9.68. The van der Waals surface area contributed by atoms with Gasteiger partial charge in [0, 0.05) is 13.2 Å². The normalized spacial score (nSPS) is 23.1. The molecule has 1 fully saturated rings. The molecule has 1 aliphatic heterocycles. The third kappa shape index (κ3) is 3.70. The van der Waals surface area contributed by atoms with Gasteiger partial charge in [-0.3, -0.25) is 0 Å². The van der Waals surface area contributed by atoms with Crippen LogP contribution in [0.2, 0.25) is 0 Å². The van der Waals surface area contributed by atoms with Crippen molar-refractivity contribution in [1.29, 1.82) is 0 Å². The van der Waals surface area contributed by atoms with E-state index >= 15 is 0 Å². The number of nitro groups is 1. The van der Waals surface area contributed by atoms with Crippen molar-refractivity contribution in [2.75, 3.05) is 13.2 Å².